The second kappa shape index (κ2) is 5.16. The Morgan fingerprint density at radius 1 is 1.05 bits per heavy atom. The van der Waals surface area contributed by atoms with Crippen LogP contribution in [0.1, 0.15) is 5.56 Å². The van der Waals surface area contributed by atoms with Crippen molar-refractivity contribution in [1.82, 2.24) is 0 Å². The molecule has 0 unspecified atom stereocenters. The Morgan fingerprint density at radius 2 is 1.90 bits per heavy atom. The van der Waals surface area contributed by atoms with Crippen LogP contribution < -0.4 is 14.9 Å². The summed E-state index contributed by atoms with van der Waals surface area (Å²) in [6, 6.07) is 8.54. The SMILES string of the molecule is Fc1ccc(N/N=C/c2ccc3c(c2)OCO3)c(F)c1. The molecule has 2 aromatic carbocycles. The number of hydrogen-bond donors (Lipinski definition) is 1. The zero-order valence-electron chi connectivity index (χ0n) is 10.3. The third-order valence-electron chi connectivity index (χ3n) is 2.73. The Balaban J connectivity index is 1.71. The van der Waals surface area contributed by atoms with E-state index in [0.29, 0.717) is 11.5 Å². The van der Waals surface area contributed by atoms with Crippen LogP contribution in [0.4, 0.5) is 14.5 Å². The molecule has 1 aliphatic rings. The van der Waals surface area contributed by atoms with Gasteiger partial charge in [-0.25, -0.2) is 8.78 Å². The summed E-state index contributed by atoms with van der Waals surface area (Å²) in [5, 5.41) is 3.89. The Bertz CT molecular complexity index is 674. The summed E-state index contributed by atoms with van der Waals surface area (Å²) in [5.74, 6) is -0.0118. The highest BCUT2D eigenvalue weighted by molar-refractivity contribution is 5.81. The van der Waals surface area contributed by atoms with Gasteiger partial charge in [-0.1, -0.05) is 0 Å². The molecule has 0 fully saturated rings. The molecular weight excluding hydrogens is 266 g/mol. The van der Waals surface area contributed by atoms with Crippen molar-refractivity contribution in [3.05, 3.63) is 53.6 Å². The van der Waals surface area contributed by atoms with E-state index in [-0.39, 0.29) is 12.5 Å². The van der Waals surface area contributed by atoms with Gasteiger partial charge in [-0.2, -0.15) is 5.10 Å². The topological polar surface area (TPSA) is 42.9 Å². The van der Waals surface area contributed by atoms with Crippen LogP contribution in [0.2, 0.25) is 0 Å². The zero-order valence-corrected chi connectivity index (χ0v) is 10.3. The van der Waals surface area contributed by atoms with Crippen molar-refractivity contribution < 1.29 is 18.3 Å². The molecule has 4 nitrogen and oxygen atoms in total. The maximum absolute atomic E-state index is 13.3. The summed E-state index contributed by atoms with van der Waals surface area (Å²) in [6.45, 7) is 0.203. The Morgan fingerprint density at radius 3 is 2.75 bits per heavy atom. The van der Waals surface area contributed by atoms with E-state index >= 15 is 0 Å². The molecule has 1 heterocycles. The Hall–Kier alpha value is -2.63. The van der Waals surface area contributed by atoms with Gasteiger partial charge in [0.1, 0.15) is 5.82 Å². The molecule has 0 saturated heterocycles. The van der Waals surface area contributed by atoms with E-state index in [0.717, 1.165) is 17.7 Å². The Kier molecular flexibility index (Phi) is 3.20. The molecule has 0 aliphatic carbocycles. The van der Waals surface area contributed by atoms with Crippen LogP contribution in [0.5, 0.6) is 11.5 Å². The summed E-state index contributed by atoms with van der Waals surface area (Å²) < 4.78 is 36.5. The molecule has 0 saturated carbocycles. The van der Waals surface area contributed by atoms with Crippen molar-refractivity contribution >= 4 is 11.9 Å². The lowest BCUT2D eigenvalue weighted by atomic mass is 10.2. The minimum absolute atomic E-state index is 0.100. The number of nitrogens with one attached hydrogen (secondary N) is 1. The van der Waals surface area contributed by atoms with Crippen LogP contribution in [-0.4, -0.2) is 13.0 Å². The minimum atomic E-state index is -0.701. The van der Waals surface area contributed by atoms with E-state index in [1.54, 1.807) is 18.2 Å². The predicted octanol–water partition coefficient (Wildman–Crippen LogP) is 3.14. The van der Waals surface area contributed by atoms with Gasteiger partial charge in [-0.3, -0.25) is 5.43 Å². The van der Waals surface area contributed by atoms with Crippen molar-refractivity contribution in [1.29, 1.82) is 0 Å². The van der Waals surface area contributed by atoms with Gasteiger partial charge in [0.25, 0.3) is 0 Å². The summed E-state index contributed by atoms with van der Waals surface area (Å²) in [7, 11) is 0. The molecule has 0 amide bonds. The van der Waals surface area contributed by atoms with E-state index in [9.17, 15) is 8.78 Å². The normalized spacial score (nSPS) is 12.9. The third kappa shape index (κ3) is 2.54. The first-order valence-electron chi connectivity index (χ1n) is 5.86. The van der Waals surface area contributed by atoms with Crippen molar-refractivity contribution in [2.24, 2.45) is 5.10 Å². The quantitative estimate of drug-likeness (QED) is 0.691. The van der Waals surface area contributed by atoms with Crippen molar-refractivity contribution in [3.8, 4) is 11.5 Å². The fourth-order valence-electron chi connectivity index (χ4n) is 1.75. The number of rotatable bonds is 3. The number of anilines is 1. The standard InChI is InChI=1S/C14H10F2N2O2/c15-10-2-3-12(11(16)6-10)18-17-7-9-1-4-13-14(5-9)20-8-19-13/h1-7,18H,8H2/b17-7+. The molecule has 0 bridgehead atoms. The average molecular weight is 276 g/mol. The van der Waals surface area contributed by atoms with E-state index in [4.69, 9.17) is 9.47 Å². The molecule has 1 N–H and O–H groups in total. The average Bonchev–Trinajstić information content (AvgIpc) is 2.89. The summed E-state index contributed by atoms with van der Waals surface area (Å²) in [6.07, 6.45) is 1.50. The number of nitrogens with zero attached hydrogens (tertiary/aromatic N) is 1. The van der Waals surface area contributed by atoms with Crippen molar-refractivity contribution in [2.75, 3.05) is 12.2 Å². The van der Waals surface area contributed by atoms with Crippen LogP contribution in [0.25, 0.3) is 0 Å². The van der Waals surface area contributed by atoms with Crippen molar-refractivity contribution in [3.63, 3.8) is 0 Å². The third-order valence-corrected chi connectivity index (χ3v) is 2.73. The lowest BCUT2D eigenvalue weighted by molar-refractivity contribution is 0.174. The number of benzene rings is 2. The second-order valence-corrected chi connectivity index (χ2v) is 4.11. The first-order valence-corrected chi connectivity index (χ1v) is 5.86. The molecule has 6 heteroatoms. The number of ether oxygens (including phenoxy) is 2. The van der Waals surface area contributed by atoms with Crippen LogP contribution in [0, 0.1) is 11.6 Å². The van der Waals surface area contributed by atoms with Gasteiger partial charge < -0.3 is 9.47 Å². The predicted molar refractivity (Wildman–Crippen MR) is 70.1 cm³/mol. The van der Waals surface area contributed by atoms with E-state index in [1.807, 2.05) is 0 Å². The first-order chi connectivity index (χ1) is 9.72. The minimum Gasteiger partial charge on any atom is -0.454 e. The van der Waals surface area contributed by atoms with Gasteiger partial charge in [0.2, 0.25) is 6.79 Å². The molecule has 102 valence electrons. The van der Waals surface area contributed by atoms with E-state index < -0.39 is 11.6 Å². The summed E-state index contributed by atoms with van der Waals surface area (Å²) >= 11 is 0. The van der Waals surface area contributed by atoms with Gasteiger partial charge in [0.15, 0.2) is 17.3 Å². The van der Waals surface area contributed by atoms with Gasteiger partial charge in [-0.15, -0.1) is 0 Å². The van der Waals surface area contributed by atoms with Crippen molar-refractivity contribution in [2.45, 2.75) is 0 Å². The molecule has 0 aromatic heterocycles. The molecule has 0 spiro atoms. The summed E-state index contributed by atoms with van der Waals surface area (Å²) in [4.78, 5) is 0. The summed E-state index contributed by atoms with van der Waals surface area (Å²) in [5.41, 5.74) is 3.38. The fraction of sp³-hybridized carbons (Fsp3) is 0.0714. The van der Waals surface area contributed by atoms with Crippen LogP contribution in [-0.2, 0) is 0 Å². The van der Waals surface area contributed by atoms with Gasteiger partial charge in [0.05, 0.1) is 11.9 Å². The maximum atomic E-state index is 13.3. The smallest absolute Gasteiger partial charge is 0.231 e. The molecule has 3 rings (SSSR count). The molecule has 20 heavy (non-hydrogen) atoms. The van der Waals surface area contributed by atoms with Crippen LogP contribution in [0.3, 0.4) is 0 Å². The first kappa shape index (κ1) is 12.4. The van der Waals surface area contributed by atoms with Gasteiger partial charge >= 0.3 is 0 Å². The highest BCUT2D eigenvalue weighted by Gasteiger charge is 2.12. The second-order valence-electron chi connectivity index (χ2n) is 4.11. The fourth-order valence-corrected chi connectivity index (χ4v) is 1.75. The number of hydrazone groups is 1. The monoisotopic (exact) mass is 276 g/mol. The largest absolute Gasteiger partial charge is 0.454 e. The zero-order chi connectivity index (χ0) is 13.9. The maximum Gasteiger partial charge on any atom is 0.231 e. The number of fused-ring (bicyclic) bond motifs is 1. The highest BCUT2D eigenvalue weighted by atomic mass is 19.1. The lowest BCUT2D eigenvalue weighted by Crippen LogP contribution is -1.94. The molecule has 0 atom stereocenters. The van der Waals surface area contributed by atoms with Gasteiger partial charge in [0, 0.05) is 6.07 Å². The molecule has 1 aliphatic heterocycles. The number of halogens is 2. The number of hydrogen-bond acceptors (Lipinski definition) is 4. The highest BCUT2D eigenvalue weighted by Crippen LogP contribution is 2.31. The van der Waals surface area contributed by atoms with Gasteiger partial charge in [-0.05, 0) is 35.9 Å². The van der Waals surface area contributed by atoms with Crippen LogP contribution in [0.15, 0.2) is 41.5 Å². The molecule has 0 radical (unpaired) electrons. The van der Waals surface area contributed by atoms with Crippen LogP contribution >= 0.6 is 0 Å². The molecule has 2 aromatic rings. The lowest BCUT2D eigenvalue weighted by Gasteiger charge is -2.02. The van der Waals surface area contributed by atoms with E-state index in [2.05, 4.69) is 10.5 Å². The molecular formula is C14H10F2N2O2. The van der Waals surface area contributed by atoms with E-state index in [1.165, 1.54) is 12.3 Å². The Labute approximate surface area is 113 Å².